The van der Waals surface area contributed by atoms with Gasteiger partial charge < -0.3 is 15.8 Å². The van der Waals surface area contributed by atoms with E-state index < -0.39 is 12.0 Å². The smallest absolute Gasteiger partial charge is 0.320 e. The third kappa shape index (κ3) is 6.12. The number of benzene rings is 2. The number of carboxylic acid groups (broad SMARTS) is 1. The minimum atomic E-state index is -0.693. The van der Waals surface area contributed by atoms with Crippen LogP contribution in [0.1, 0.15) is 30.4 Å². The van der Waals surface area contributed by atoms with Crippen LogP contribution >= 0.6 is 0 Å². The monoisotopic (exact) mass is 449 g/mol. The molecule has 2 fully saturated rings. The molecule has 0 radical (unpaired) electrons. The SMILES string of the molecule is NN=Cc1ccc(N2CCN(C3CCN(C(CCc4ccccc4)C(=O)O)CC3)CC2)cc1. The number of rotatable bonds is 8. The van der Waals surface area contributed by atoms with Gasteiger partial charge in [0.2, 0.25) is 0 Å². The van der Waals surface area contributed by atoms with Gasteiger partial charge in [-0.3, -0.25) is 14.6 Å². The first kappa shape index (κ1) is 23.3. The Balaban J connectivity index is 1.24. The van der Waals surface area contributed by atoms with Crippen LogP contribution in [0.2, 0.25) is 0 Å². The Labute approximate surface area is 196 Å². The van der Waals surface area contributed by atoms with E-state index >= 15 is 0 Å². The van der Waals surface area contributed by atoms with Gasteiger partial charge in [-0.05, 0) is 48.9 Å². The lowest BCUT2D eigenvalue weighted by Crippen LogP contribution is -2.55. The fraction of sp³-hybridized carbons (Fsp3) is 0.462. The predicted octanol–water partition coefficient (Wildman–Crippen LogP) is 2.65. The van der Waals surface area contributed by atoms with Gasteiger partial charge in [-0.1, -0.05) is 42.5 Å². The van der Waals surface area contributed by atoms with Crippen molar-refractivity contribution in [2.75, 3.05) is 44.2 Å². The van der Waals surface area contributed by atoms with Crippen LogP contribution in [0, 0.1) is 0 Å². The number of likely N-dealkylation sites (tertiary alicyclic amines) is 1. The Morgan fingerprint density at radius 3 is 2.27 bits per heavy atom. The Morgan fingerprint density at radius 2 is 1.67 bits per heavy atom. The number of hydrazone groups is 1. The van der Waals surface area contributed by atoms with E-state index in [4.69, 9.17) is 5.84 Å². The average molecular weight is 450 g/mol. The quantitative estimate of drug-likeness (QED) is 0.366. The maximum Gasteiger partial charge on any atom is 0.320 e. The van der Waals surface area contributed by atoms with Crippen LogP contribution in [-0.2, 0) is 11.2 Å². The number of piperidine rings is 1. The largest absolute Gasteiger partial charge is 0.480 e. The molecule has 2 aromatic carbocycles. The van der Waals surface area contributed by atoms with E-state index in [9.17, 15) is 9.90 Å². The van der Waals surface area contributed by atoms with Gasteiger partial charge >= 0.3 is 5.97 Å². The summed E-state index contributed by atoms with van der Waals surface area (Å²) in [4.78, 5) is 19.2. The highest BCUT2D eigenvalue weighted by atomic mass is 16.4. The summed E-state index contributed by atoms with van der Waals surface area (Å²) in [6, 6.07) is 18.7. The van der Waals surface area contributed by atoms with Crippen LogP contribution in [0.3, 0.4) is 0 Å². The minimum absolute atomic E-state index is 0.393. The lowest BCUT2D eigenvalue weighted by atomic mass is 9.98. The number of nitrogens with two attached hydrogens (primary N) is 1. The summed E-state index contributed by atoms with van der Waals surface area (Å²) in [5.74, 6) is 4.54. The first-order valence-corrected chi connectivity index (χ1v) is 12.0. The molecule has 2 heterocycles. The van der Waals surface area contributed by atoms with Gasteiger partial charge in [-0.25, -0.2) is 0 Å². The van der Waals surface area contributed by atoms with E-state index in [1.807, 2.05) is 30.3 Å². The van der Waals surface area contributed by atoms with Crippen LogP contribution in [0.15, 0.2) is 59.7 Å². The molecule has 3 N–H and O–H groups in total. The van der Waals surface area contributed by atoms with Crippen molar-refractivity contribution >= 4 is 17.9 Å². The van der Waals surface area contributed by atoms with Gasteiger partial charge in [-0.15, -0.1) is 0 Å². The van der Waals surface area contributed by atoms with Crippen molar-refractivity contribution in [3.8, 4) is 0 Å². The molecule has 2 saturated heterocycles. The zero-order valence-electron chi connectivity index (χ0n) is 19.2. The molecular formula is C26H35N5O2. The standard InChI is InChI=1S/C26H35N5O2/c27-28-20-22-6-9-23(10-7-22)29-16-18-30(19-17-29)24-12-14-31(15-13-24)25(26(32)33)11-8-21-4-2-1-3-5-21/h1-7,9-10,20,24-25H,8,11-19,27H2,(H,32,33). The van der Waals surface area contributed by atoms with Crippen molar-refractivity contribution in [2.45, 2.75) is 37.8 Å². The molecule has 0 saturated carbocycles. The zero-order chi connectivity index (χ0) is 23.0. The van der Waals surface area contributed by atoms with Gasteiger partial charge in [0.05, 0.1) is 6.21 Å². The molecule has 33 heavy (non-hydrogen) atoms. The van der Waals surface area contributed by atoms with Crippen LogP contribution in [0.5, 0.6) is 0 Å². The number of aliphatic carboxylic acids is 1. The minimum Gasteiger partial charge on any atom is -0.480 e. The van der Waals surface area contributed by atoms with E-state index in [1.165, 1.54) is 11.3 Å². The molecule has 1 unspecified atom stereocenters. The van der Waals surface area contributed by atoms with Crippen molar-refractivity contribution in [3.05, 3.63) is 65.7 Å². The number of hydrogen-bond acceptors (Lipinski definition) is 6. The number of aryl methyl sites for hydroxylation is 1. The number of hydrogen-bond donors (Lipinski definition) is 2. The summed E-state index contributed by atoms with van der Waals surface area (Å²) in [7, 11) is 0. The molecule has 176 valence electrons. The first-order valence-electron chi connectivity index (χ1n) is 12.0. The molecule has 7 nitrogen and oxygen atoms in total. The Hall–Kier alpha value is -2.90. The van der Waals surface area contributed by atoms with Crippen molar-refractivity contribution in [3.63, 3.8) is 0 Å². The zero-order valence-corrected chi connectivity index (χ0v) is 19.2. The third-order valence-corrected chi connectivity index (χ3v) is 7.09. The maximum absolute atomic E-state index is 12.0. The van der Waals surface area contributed by atoms with Crippen LogP contribution < -0.4 is 10.7 Å². The van der Waals surface area contributed by atoms with Gasteiger partial charge in [0.25, 0.3) is 0 Å². The van der Waals surface area contributed by atoms with E-state index in [-0.39, 0.29) is 0 Å². The van der Waals surface area contributed by atoms with Gasteiger partial charge in [0, 0.05) is 51.0 Å². The second kappa shape index (κ2) is 11.3. The molecule has 0 amide bonds. The number of nitrogens with zero attached hydrogens (tertiary/aromatic N) is 4. The topological polar surface area (TPSA) is 85.4 Å². The van der Waals surface area contributed by atoms with Crippen molar-refractivity contribution in [2.24, 2.45) is 10.9 Å². The third-order valence-electron chi connectivity index (χ3n) is 7.09. The second-order valence-corrected chi connectivity index (χ2v) is 9.04. The molecule has 2 aliphatic heterocycles. The fourth-order valence-corrected chi connectivity index (χ4v) is 5.18. The Bertz CT molecular complexity index is 902. The maximum atomic E-state index is 12.0. The van der Waals surface area contributed by atoms with Crippen LogP contribution in [0.4, 0.5) is 5.69 Å². The second-order valence-electron chi connectivity index (χ2n) is 9.04. The molecule has 0 aromatic heterocycles. The van der Waals surface area contributed by atoms with E-state index in [0.717, 1.165) is 64.1 Å². The van der Waals surface area contributed by atoms with Crippen LogP contribution in [0.25, 0.3) is 0 Å². The number of carboxylic acids is 1. The molecule has 4 rings (SSSR count). The molecule has 2 aromatic rings. The Kier molecular flexibility index (Phi) is 7.96. The van der Waals surface area contributed by atoms with Gasteiger partial charge in [0.15, 0.2) is 0 Å². The molecule has 0 spiro atoms. The highest BCUT2D eigenvalue weighted by Gasteiger charge is 2.32. The van der Waals surface area contributed by atoms with E-state index in [2.05, 4.69) is 44.1 Å². The van der Waals surface area contributed by atoms with Crippen molar-refractivity contribution in [1.29, 1.82) is 0 Å². The summed E-state index contributed by atoms with van der Waals surface area (Å²) < 4.78 is 0. The summed E-state index contributed by atoms with van der Waals surface area (Å²) in [5.41, 5.74) is 3.45. The van der Waals surface area contributed by atoms with Crippen molar-refractivity contribution in [1.82, 2.24) is 9.80 Å². The summed E-state index contributed by atoms with van der Waals surface area (Å²) in [6.45, 7) is 5.85. The lowest BCUT2D eigenvalue weighted by Gasteiger charge is -2.44. The van der Waals surface area contributed by atoms with Gasteiger partial charge in [-0.2, -0.15) is 5.10 Å². The summed E-state index contributed by atoms with van der Waals surface area (Å²) in [5, 5.41) is 13.4. The predicted molar refractivity (Wildman–Crippen MR) is 133 cm³/mol. The van der Waals surface area contributed by atoms with E-state index in [1.54, 1.807) is 6.21 Å². The summed E-state index contributed by atoms with van der Waals surface area (Å²) >= 11 is 0. The fourth-order valence-electron chi connectivity index (χ4n) is 5.18. The molecule has 7 heteroatoms. The van der Waals surface area contributed by atoms with Gasteiger partial charge in [0.1, 0.15) is 6.04 Å². The average Bonchev–Trinajstić information content (AvgIpc) is 2.86. The Morgan fingerprint density at radius 1 is 1.00 bits per heavy atom. The molecule has 0 aliphatic carbocycles. The highest BCUT2D eigenvalue weighted by Crippen LogP contribution is 2.24. The van der Waals surface area contributed by atoms with Crippen LogP contribution in [-0.4, -0.2) is 78.4 Å². The molecule has 2 aliphatic rings. The van der Waals surface area contributed by atoms with E-state index in [0.29, 0.717) is 12.5 Å². The summed E-state index contributed by atoms with van der Waals surface area (Å²) in [6.07, 6.45) is 5.22. The normalized spacial score (nSPS) is 19.7. The van der Waals surface area contributed by atoms with Crippen molar-refractivity contribution < 1.29 is 9.90 Å². The first-order chi connectivity index (χ1) is 16.1. The molecule has 0 bridgehead atoms. The highest BCUT2D eigenvalue weighted by molar-refractivity contribution is 5.80. The number of anilines is 1. The number of carbonyl (C=O) groups is 1. The molecular weight excluding hydrogens is 414 g/mol. The molecule has 1 atom stereocenters. The number of piperazine rings is 1. The lowest BCUT2D eigenvalue weighted by molar-refractivity contribution is -0.144.